The molecule has 31 heavy (non-hydrogen) atoms. The predicted molar refractivity (Wildman–Crippen MR) is 122 cm³/mol. The van der Waals surface area contributed by atoms with E-state index >= 15 is 0 Å². The van der Waals surface area contributed by atoms with Crippen LogP contribution in [0.15, 0.2) is 18.3 Å². The van der Waals surface area contributed by atoms with Crippen molar-refractivity contribution < 1.29 is 9.53 Å². The zero-order chi connectivity index (χ0) is 22.1. The van der Waals surface area contributed by atoms with Gasteiger partial charge in [0.1, 0.15) is 17.5 Å². The number of nitrogens with zero attached hydrogens (tertiary/aromatic N) is 4. The molecular formula is C23H32N6O2. The molecule has 0 spiro atoms. The third-order valence-corrected chi connectivity index (χ3v) is 6.22. The Hall–Kier alpha value is -2.90. The van der Waals surface area contributed by atoms with Gasteiger partial charge in [0.25, 0.3) is 0 Å². The number of ether oxygens (including phenoxy) is 1. The van der Waals surface area contributed by atoms with Crippen LogP contribution in [-0.4, -0.2) is 46.6 Å². The summed E-state index contributed by atoms with van der Waals surface area (Å²) in [5, 5.41) is 6.47. The average Bonchev–Trinajstić information content (AvgIpc) is 2.68. The molecule has 2 aromatic rings. The van der Waals surface area contributed by atoms with Crippen LogP contribution in [0.4, 0.5) is 17.5 Å². The fourth-order valence-corrected chi connectivity index (χ4v) is 4.43. The van der Waals surface area contributed by atoms with Gasteiger partial charge in [-0.15, -0.1) is 0 Å². The van der Waals surface area contributed by atoms with Gasteiger partial charge in [-0.2, -0.15) is 4.98 Å². The second kappa shape index (κ2) is 8.69. The number of carbonyl (C=O) groups is 1. The summed E-state index contributed by atoms with van der Waals surface area (Å²) in [4.78, 5) is 28.0. The van der Waals surface area contributed by atoms with Crippen LogP contribution in [0.2, 0.25) is 0 Å². The highest BCUT2D eigenvalue weighted by molar-refractivity contribution is 6.03. The van der Waals surface area contributed by atoms with Crippen molar-refractivity contribution >= 4 is 23.4 Å². The predicted octanol–water partition coefficient (Wildman–Crippen LogP) is 3.56. The number of pyridine rings is 1. The fraction of sp³-hybridized carbons (Fsp3) is 0.565. The molecule has 2 aromatic heterocycles. The van der Waals surface area contributed by atoms with Gasteiger partial charge >= 0.3 is 0 Å². The average molecular weight is 425 g/mol. The molecule has 2 aliphatic rings. The molecule has 0 bridgehead atoms. The van der Waals surface area contributed by atoms with Crippen LogP contribution in [-0.2, 0) is 4.79 Å². The van der Waals surface area contributed by atoms with E-state index in [0.29, 0.717) is 30.2 Å². The number of anilines is 3. The Morgan fingerprint density at radius 1 is 1.26 bits per heavy atom. The van der Waals surface area contributed by atoms with Gasteiger partial charge < -0.3 is 20.3 Å². The number of aromatic nitrogens is 3. The maximum Gasteiger partial charge on any atom is 0.247 e. The van der Waals surface area contributed by atoms with Gasteiger partial charge in [-0.3, -0.25) is 9.78 Å². The van der Waals surface area contributed by atoms with E-state index in [1.807, 2.05) is 51.8 Å². The van der Waals surface area contributed by atoms with Crippen LogP contribution in [0.25, 0.3) is 0 Å². The molecule has 1 saturated carbocycles. The normalized spacial score (nSPS) is 22.6. The highest BCUT2D eigenvalue weighted by Gasteiger charge is 2.36. The molecule has 1 unspecified atom stereocenters. The van der Waals surface area contributed by atoms with Crippen LogP contribution in [0, 0.1) is 25.7 Å². The van der Waals surface area contributed by atoms with Crippen molar-refractivity contribution in [2.24, 2.45) is 11.8 Å². The fourth-order valence-electron chi connectivity index (χ4n) is 4.43. The minimum Gasteiger partial charge on any atom is -0.492 e. The summed E-state index contributed by atoms with van der Waals surface area (Å²) >= 11 is 0. The van der Waals surface area contributed by atoms with Crippen LogP contribution in [0.3, 0.4) is 0 Å². The van der Waals surface area contributed by atoms with E-state index in [4.69, 9.17) is 9.72 Å². The lowest BCUT2D eigenvalue weighted by molar-refractivity contribution is -0.118. The summed E-state index contributed by atoms with van der Waals surface area (Å²) in [6.45, 7) is 8.68. The molecule has 3 heterocycles. The maximum atomic E-state index is 12.5. The van der Waals surface area contributed by atoms with Crippen molar-refractivity contribution in [1.82, 2.24) is 15.0 Å². The van der Waals surface area contributed by atoms with Crippen molar-refractivity contribution in [3.63, 3.8) is 0 Å². The second-order valence-corrected chi connectivity index (χ2v) is 9.07. The van der Waals surface area contributed by atoms with Crippen molar-refractivity contribution in [3.8, 4) is 5.75 Å². The first kappa shape index (κ1) is 21.3. The molecule has 1 fully saturated rings. The van der Waals surface area contributed by atoms with E-state index in [0.717, 1.165) is 42.2 Å². The van der Waals surface area contributed by atoms with Crippen molar-refractivity contribution in [2.75, 3.05) is 29.2 Å². The van der Waals surface area contributed by atoms with Crippen molar-refractivity contribution in [1.29, 1.82) is 0 Å². The Morgan fingerprint density at radius 3 is 2.71 bits per heavy atom. The Morgan fingerprint density at radius 2 is 2.03 bits per heavy atom. The van der Waals surface area contributed by atoms with E-state index in [1.165, 1.54) is 0 Å². The topological polar surface area (TPSA) is 92.3 Å². The third-order valence-electron chi connectivity index (χ3n) is 6.22. The summed E-state index contributed by atoms with van der Waals surface area (Å²) in [5.74, 6) is 3.07. The van der Waals surface area contributed by atoms with E-state index < -0.39 is 0 Å². The number of hydrogen-bond acceptors (Lipinski definition) is 7. The van der Waals surface area contributed by atoms with Gasteiger partial charge in [0, 0.05) is 18.8 Å². The number of amides is 1. The Balaban J connectivity index is 1.30. The molecular weight excluding hydrogens is 392 g/mol. The lowest BCUT2D eigenvalue weighted by Crippen LogP contribution is -2.49. The minimum atomic E-state index is -0.230. The molecule has 166 valence electrons. The van der Waals surface area contributed by atoms with Crippen LogP contribution in [0.5, 0.6) is 5.75 Å². The third kappa shape index (κ3) is 4.57. The maximum absolute atomic E-state index is 12.5. The number of hydrogen-bond donors (Lipinski definition) is 2. The molecule has 8 heteroatoms. The summed E-state index contributed by atoms with van der Waals surface area (Å²) < 4.78 is 5.80. The number of fused-ring (bicyclic) bond motifs is 1. The lowest BCUT2D eigenvalue weighted by atomic mass is 9.78. The Bertz CT molecular complexity index is 940. The SMILES string of the molecule is Cc1ccc(OCCC2CC(Nc3nc(C)c4c(n3)N(C)C(C(C)C)C(=O)N4)C2)cn1. The van der Waals surface area contributed by atoms with E-state index in [-0.39, 0.29) is 17.9 Å². The monoisotopic (exact) mass is 424 g/mol. The van der Waals surface area contributed by atoms with Gasteiger partial charge in [0.05, 0.1) is 18.5 Å². The van der Waals surface area contributed by atoms with Gasteiger partial charge in [0.2, 0.25) is 11.9 Å². The van der Waals surface area contributed by atoms with Crippen LogP contribution >= 0.6 is 0 Å². The smallest absolute Gasteiger partial charge is 0.247 e. The summed E-state index contributed by atoms with van der Waals surface area (Å²) in [7, 11) is 1.93. The quantitative estimate of drug-likeness (QED) is 0.702. The van der Waals surface area contributed by atoms with Crippen molar-refractivity contribution in [2.45, 2.75) is 59.0 Å². The van der Waals surface area contributed by atoms with Crippen molar-refractivity contribution in [3.05, 3.63) is 29.7 Å². The number of carbonyl (C=O) groups excluding carboxylic acids is 1. The van der Waals surface area contributed by atoms with E-state index in [9.17, 15) is 4.79 Å². The molecule has 1 aliphatic heterocycles. The first-order chi connectivity index (χ1) is 14.8. The molecule has 0 saturated heterocycles. The summed E-state index contributed by atoms with van der Waals surface area (Å²) in [6.07, 6.45) is 4.97. The van der Waals surface area contributed by atoms with Crippen LogP contribution < -0.4 is 20.3 Å². The zero-order valence-corrected chi connectivity index (χ0v) is 19.0. The molecule has 8 nitrogen and oxygen atoms in total. The second-order valence-electron chi connectivity index (χ2n) is 9.07. The molecule has 4 rings (SSSR count). The van der Waals surface area contributed by atoms with Gasteiger partial charge in [0.15, 0.2) is 5.82 Å². The molecule has 0 radical (unpaired) electrons. The number of nitrogens with one attached hydrogen (secondary N) is 2. The zero-order valence-electron chi connectivity index (χ0n) is 19.0. The molecule has 2 N–H and O–H groups in total. The highest BCUT2D eigenvalue weighted by atomic mass is 16.5. The first-order valence-corrected chi connectivity index (χ1v) is 11.1. The largest absolute Gasteiger partial charge is 0.492 e. The Labute approximate surface area is 183 Å². The van der Waals surface area contributed by atoms with Gasteiger partial charge in [-0.1, -0.05) is 13.8 Å². The minimum absolute atomic E-state index is 0.00267. The number of aryl methyl sites for hydroxylation is 2. The molecule has 1 atom stereocenters. The van der Waals surface area contributed by atoms with E-state index in [1.54, 1.807) is 6.20 Å². The lowest BCUT2D eigenvalue weighted by Gasteiger charge is -2.38. The standard InChI is InChI=1S/C23H32N6O2/c1-13(2)20-22(30)27-19-15(4)25-23(28-21(19)29(20)5)26-17-10-16(11-17)8-9-31-18-7-6-14(3)24-12-18/h6-7,12-13,16-17,20H,8-11H2,1-5H3,(H,27,30)(H,25,26,28). The first-order valence-electron chi connectivity index (χ1n) is 11.1. The van der Waals surface area contributed by atoms with E-state index in [2.05, 4.69) is 20.6 Å². The summed E-state index contributed by atoms with van der Waals surface area (Å²) in [6, 6.07) is 4.07. The molecule has 0 aromatic carbocycles. The molecule has 1 amide bonds. The van der Waals surface area contributed by atoms with Crippen LogP contribution in [0.1, 0.15) is 44.5 Å². The Kier molecular flexibility index (Phi) is 5.98. The van der Waals surface area contributed by atoms with Gasteiger partial charge in [-0.25, -0.2) is 4.98 Å². The molecule has 1 aliphatic carbocycles. The summed E-state index contributed by atoms with van der Waals surface area (Å²) in [5.41, 5.74) is 2.49. The number of rotatable bonds is 7. The van der Waals surface area contributed by atoms with Gasteiger partial charge in [-0.05, 0) is 57.1 Å². The number of likely N-dealkylation sites (N-methyl/N-ethyl adjacent to an activating group) is 1. The highest BCUT2D eigenvalue weighted by Crippen LogP contribution is 2.36.